The lowest BCUT2D eigenvalue weighted by molar-refractivity contribution is 0.583. The maximum Gasteiger partial charge on any atom is 0.225 e. The van der Waals surface area contributed by atoms with Crippen molar-refractivity contribution in [3.05, 3.63) is 12.4 Å². The average Bonchev–Trinajstić information content (AvgIpc) is 3.06. The normalized spacial score (nSPS) is 11.1. The fraction of sp³-hybridized carbons (Fsp3) is 0.364. The minimum Gasteiger partial charge on any atom is -0.357 e. The van der Waals surface area contributed by atoms with Gasteiger partial charge in [0.15, 0.2) is 5.65 Å². The third-order valence-corrected chi connectivity index (χ3v) is 2.83. The van der Waals surface area contributed by atoms with Crippen molar-refractivity contribution in [1.82, 2.24) is 35.2 Å². The Hall–Kier alpha value is -2.51. The first-order valence-corrected chi connectivity index (χ1v) is 6.11. The zero-order chi connectivity index (χ0) is 13.2. The minimum absolute atomic E-state index is 0.538. The SMILES string of the molecule is CCCn1nncc1-c1nc(NC)nc2[nH]ncc12. The molecule has 3 aromatic heterocycles. The number of rotatable bonds is 4. The Labute approximate surface area is 109 Å². The molecule has 8 heteroatoms. The second-order valence-electron chi connectivity index (χ2n) is 4.12. The number of hydrogen-bond acceptors (Lipinski definition) is 6. The van der Waals surface area contributed by atoms with Crippen LogP contribution >= 0.6 is 0 Å². The molecular weight excluding hydrogens is 244 g/mol. The number of hydrogen-bond donors (Lipinski definition) is 2. The first kappa shape index (κ1) is 11.6. The van der Waals surface area contributed by atoms with Gasteiger partial charge in [-0.25, -0.2) is 9.67 Å². The van der Waals surface area contributed by atoms with Crippen LogP contribution in [0.1, 0.15) is 13.3 Å². The van der Waals surface area contributed by atoms with E-state index >= 15 is 0 Å². The summed E-state index contributed by atoms with van der Waals surface area (Å²) in [5.74, 6) is 0.538. The van der Waals surface area contributed by atoms with Crippen LogP contribution in [0.5, 0.6) is 0 Å². The topological polar surface area (TPSA) is 97.2 Å². The Morgan fingerprint density at radius 1 is 1.32 bits per heavy atom. The second-order valence-corrected chi connectivity index (χ2v) is 4.12. The predicted octanol–water partition coefficient (Wildman–Crippen LogP) is 1.06. The van der Waals surface area contributed by atoms with Gasteiger partial charge in [0.25, 0.3) is 0 Å². The zero-order valence-corrected chi connectivity index (χ0v) is 10.8. The summed E-state index contributed by atoms with van der Waals surface area (Å²) >= 11 is 0. The molecule has 0 radical (unpaired) electrons. The van der Waals surface area contributed by atoms with Crippen LogP contribution in [-0.2, 0) is 6.54 Å². The van der Waals surface area contributed by atoms with Crippen molar-refractivity contribution in [3.63, 3.8) is 0 Å². The molecule has 0 fully saturated rings. The second kappa shape index (κ2) is 4.63. The summed E-state index contributed by atoms with van der Waals surface area (Å²) in [5, 5.41) is 18.7. The van der Waals surface area contributed by atoms with Crippen molar-refractivity contribution in [2.75, 3.05) is 12.4 Å². The van der Waals surface area contributed by atoms with E-state index in [4.69, 9.17) is 0 Å². The molecule has 0 saturated heterocycles. The maximum atomic E-state index is 4.49. The van der Waals surface area contributed by atoms with Gasteiger partial charge in [-0.3, -0.25) is 5.10 Å². The third kappa shape index (κ3) is 1.90. The summed E-state index contributed by atoms with van der Waals surface area (Å²) in [6.07, 6.45) is 4.41. The smallest absolute Gasteiger partial charge is 0.225 e. The lowest BCUT2D eigenvalue weighted by atomic mass is 10.2. The van der Waals surface area contributed by atoms with Crippen LogP contribution in [0.3, 0.4) is 0 Å². The van der Waals surface area contributed by atoms with Crippen molar-refractivity contribution < 1.29 is 0 Å². The Balaban J connectivity index is 2.22. The van der Waals surface area contributed by atoms with Crippen LogP contribution in [0.2, 0.25) is 0 Å². The summed E-state index contributed by atoms with van der Waals surface area (Å²) in [6.45, 7) is 2.89. The molecule has 0 aromatic carbocycles. The summed E-state index contributed by atoms with van der Waals surface area (Å²) in [6, 6.07) is 0. The quantitative estimate of drug-likeness (QED) is 0.726. The number of aryl methyl sites for hydroxylation is 1. The number of aromatic amines is 1. The number of anilines is 1. The molecule has 0 atom stereocenters. The van der Waals surface area contributed by atoms with Crippen LogP contribution in [-0.4, -0.2) is 42.2 Å². The van der Waals surface area contributed by atoms with Gasteiger partial charge in [-0.05, 0) is 6.42 Å². The van der Waals surface area contributed by atoms with Crippen LogP contribution in [0.4, 0.5) is 5.95 Å². The van der Waals surface area contributed by atoms with Gasteiger partial charge in [0.05, 0.1) is 17.8 Å². The molecule has 8 nitrogen and oxygen atoms in total. The molecule has 19 heavy (non-hydrogen) atoms. The van der Waals surface area contributed by atoms with Crippen molar-refractivity contribution in [3.8, 4) is 11.4 Å². The Bertz CT molecular complexity index is 698. The molecular formula is C11H14N8. The van der Waals surface area contributed by atoms with Crippen LogP contribution < -0.4 is 5.32 Å². The standard InChI is InChI=1S/C11H14N8/c1-3-4-19-8(6-14-18-19)9-7-5-13-17-10(7)16-11(12-2)15-9/h5-6H,3-4H2,1-2H3,(H2,12,13,15,16,17). The fourth-order valence-electron chi connectivity index (χ4n) is 1.96. The first-order valence-electron chi connectivity index (χ1n) is 6.11. The highest BCUT2D eigenvalue weighted by molar-refractivity contribution is 5.89. The number of aromatic nitrogens is 7. The zero-order valence-electron chi connectivity index (χ0n) is 10.8. The van der Waals surface area contributed by atoms with E-state index in [9.17, 15) is 0 Å². The van der Waals surface area contributed by atoms with Gasteiger partial charge in [-0.1, -0.05) is 12.1 Å². The molecule has 3 rings (SSSR count). The largest absolute Gasteiger partial charge is 0.357 e. The molecule has 0 aliphatic rings. The number of nitrogens with zero attached hydrogens (tertiary/aromatic N) is 6. The molecule has 2 N–H and O–H groups in total. The van der Waals surface area contributed by atoms with Gasteiger partial charge >= 0.3 is 0 Å². The van der Waals surface area contributed by atoms with E-state index in [1.54, 1.807) is 19.4 Å². The predicted molar refractivity (Wildman–Crippen MR) is 70.5 cm³/mol. The van der Waals surface area contributed by atoms with Crippen LogP contribution in [0.25, 0.3) is 22.4 Å². The van der Waals surface area contributed by atoms with Gasteiger partial charge < -0.3 is 5.32 Å². The van der Waals surface area contributed by atoms with E-state index in [2.05, 4.69) is 42.7 Å². The van der Waals surface area contributed by atoms with E-state index in [1.807, 2.05) is 4.68 Å². The lowest BCUT2D eigenvalue weighted by Crippen LogP contribution is -2.04. The third-order valence-electron chi connectivity index (χ3n) is 2.83. The molecule has 0 bridgehead atoms. The molecule has 0 amide bonds. The average molecular weight is 258 g/mol. The van der Waals surface area contributed by atoms with E-state index in [-0.39, 0.29) is 0 Å². The highest BCUT2D eigenvalue weighted by atomic mass is 15.4. The van der Waals surface area contributed by atoms with Crippen molar-refractivity contribution in [2.45, 2.75) is 19.9 Å². The summed E-state index contributed by atoms with van der Waals surface area (Å²) < 4.78 is 1.84. The van der Waals surface area contributed by atoms with E-state index < -0.39 is 0 Å². The highest BCUT2D eigenvalue weighted by Gasteiger charge is 2.15. The minimum atomic E-state index is 0.538. The molecule has 0 unspecified atom stereocenters. The van der Waals surface area contributed by atoms with Crippen LogP contribution in [0.15, 0.2) is 12.4 Å². The van der Waals surface area contributed by atoms with E-state index in [1.165, 1.54) is 0 Å². The van der Waals surface area contributed by atoms with Crippen molar-refractivity contribution >= 4 is 17.0 Å². The highest BCUT2D eigenvalue weighted by Crippen LogP contribution is 2.25. The molecule has 3 heterocycles. The summed E-state index contributed by atoms with van der Waals surface area (Å²) in [4.78, 5) is 8.80. The van der Waals surface area contributed by atoms with Gasteiger partial charge in [-0.2, -0.15) is 10.1 Å². The Morgan fingerprint density at radius 2 is 2.21 bits per heavy atom. The monoisotopic (exact) mass is 258 g/mol. The van der Waals surface area contributed by atoms with Gasteiger partial charge in [0, 0.05) is 13.6 Å². The van der Waals surface area contributed by atoms with E-state index in [0.717, 1.165) is 29.7 Å². The number of fused-ring (bicyclic) bond motifs is 1. The van der Waals surface area contributed by atoms with Gasteiger partial charge in [-0.15, -0.1) is 5.10 Å². The van der Waals surface area contributed by atoms with Gasteiger partial charge in [0.1, 0.15) is 11.4 Å². The van der Waals surface area contributed by atoms with Crippen LogP contribution in [0, 0.1) is 0 Å². The Morgan fingerprint density at radius 3 is 3.00 bits per heavy atom. The molecule has 0 aliphatic heterocycles. The lowest BCUT2D eigenvalue weighted by Gasteiger charge is -2.06. The molecule has 0 saturated carbocycles. The molecule has 98 valence electrons. The number of H-pyrrole nitrogens is 1. The summed E-state index contributed by atoms with van der Waals surface area (Å²) in [5.41, 5.74) is 2.34. The van der Waals surface area contributed by atoms with Crippen molar-refractivity contribution in [2.24, 2.45) is 0 Å². The molecule has 0 spiro atoms. The molecule has 0 aliphatic carbocycles. The number of nitrogens with one attached hydrogen (secondary N) is 2. The van der Waals surface area contributed by atoms with E-state index in [0.29, 0.717) is 11.6 Å². The van der Waals surface area contributed by atoms with Gasteiger partial charge in [0.2, 0.25) is 5.95 Å². The maximum absolute atomic E-state index is 4.49. The molecule has 3 aromatic rings. The van der Waals surface area contributed by atoms with Crippen molar-refractivity contribution in [1.29, 1.82) is 0 Å². The first-order chi connectivity index (χ1) is 9.33. The Kier molecular flexibility index (Phi) is 2.82. The fourth-order valence-corrected chi connectivity index (χ4v) is 1.96. The summed E-state index contributed by atoms with van der Waals surface area (Å²) in [7, 11) is 1.78.